The number of fused-ring (bicyclic) bond motifs is 1. The molecule has 0 atom stereocenters. The van der Waals surface area contributed by atoms with Gasteiger partial charge in [0.15, 0.2) is 6.61 Å². The third kappa shape index (κ3) is 5.28. The first-order valence-electron chi connectivity index (χ1n) is 13.0. The second kappa shape index (κ2) is 11.1. The molecule has 38 heavy (non-hydrogen) atoms. The number of aryl methyl sites for hydroxylation is 1. The van der Waals surface area contributed by atoms with Crippen LogP contribution in [0.5, 0.6) is 5.75 Å². The molecule has 4 aromatic rings. The van der Waals surface area contributed by atoms with E-state index in [0.29, 0.717) is 36.4 Å². The van der Waals surface area contributed by atoms with Gasteiger partial charge in [-0.1, -0.05) is 37.3 Å². The monoisotopic (exact) mass is 515 g/mol. The van der Waals surface area contributed by atoms with E-state index in [1.165, 1.54) is 12.6 Å². The fourth-order valence-corrected chi connectivity index (χ4v) is 4.92. The maximum absolute atomic E-state index is 12.7. The van der Waals surface area contributed by atoms with Gasteiger partial charge in [-0.2, -0.15) is 0 Å². The maximum atomic E-state index is 12.7. The molecular weight excluding hydrogens is 482 g/mol. The molecule has 2 aromatic carbocycles. The lowest BCUT2D eigenvalue weighted by Gasteiger charge is -2.34. The molecule has 0 aliphatic carbocycles. The number of hydrogen-bond donors (Lipinski definition) is 1. The van der Waals surface area contributed by atoms with Crippen molar-refractivity contribution in [2.45, 2.75) is 26.4 Å². The number of aromatic nitrogens is 3. The predicted octanol–water partition coefficient (Wildman–Crippen LogP) is 2.83. The number of aromatic amines is 1. The molecule has 2 aromatic heterocycles. The van der Waals surface area contributed by atoms with Gasteiger partial charge in [0.2, 0.25) is 0 Å². The third-order valence-electron chi connectivity index (χ3n) is 7.07. The summed E-state index contributed by atoms with van der Waals surface area (Å²) >= 11 is 0. The lowest BCUT2D eigenvalue weighted by atomic mass is 10.1. The first kappa shape index (κ1) is 25.5. The Kier molecular flexibility index (Phi) is 7.46. The summed E-state index contributed by atoms with van der Waals surface area (Å²) in [5, 5.41) is 0. The number of carbonyl (C=O) groups excluding carboxylic acids is 1. The fourth-order valence-electron chi connectivity index (χ4n) is 4.92. The van der Waals surface area contributed by atoms with Gasteiger partial charge in [0.25, 0.3) is 11.5 Å². The summed E-state index contributed by atoms with van der Waals surface area (Å²) in [4.78, 5) is 45.3. The average Bonchev–Trinajstić information content (AvgIpc) is 3.40. The molecule has 1 fully saturated rings. The number of piperazine rings is 1. The van der Waals surface area contributed by atoms with Crippen molar-refractivity contribution in [1.82, 2.24) is 23.9 Å². The Morgan fingerprint density at radius 2 is 1.68 bits per heavy atom. The van der Waals surface area contributed by atoms with Crippen molar-refractivity contribution in [2.75, 3.05) is 32.8 Å². The summed E-state index contributed by atoms with van der Waals surface area (Å²) < 4.78 is 8.54. The Morgan fingerprint density at radius 1 is 0.974 bits per heavy atom. The van der Waals surface area contributed by atoms with E-state index in [4.69, 9.17) is 4.74 Å². The van der Waals surface area contributed by atoms with Crippen LogP contribution in [-0.2, 0) is 24.9 Å². The van der Waals surface area contributed by atoms with Gasteiger partial charge < -0.3 is 14.6 Å². The van der Waals surface area contributed by atoms with Crippen LogP contribution in [0.3, 0.4) is 0 Å². The summed E-state index contributed by atoms with van der Waals surface area (Å²) in [7, 11) is 1.49. The van der Waals surface area contributed by atoms with Gasteiger partial charge in [-0.25, -0.2) is 4.79 Å². The highest BCUT2D eigenvalue weighted by atomic mass is 16.5. The minimum absolute atomic E-state index is 0.0102. The first-order chi connectivity index (χ1) is 18.4. The predicted molar refractivity (Wildman–Crippen MR) is 147 cm³/mol. The minimum atomic E-state index is -0.344. The molecule has 1 amide bonds. The molecule has 9 nitrogen and oxygen atoms in total. The van der Waals surface area contributed by atoms with Gasteiger partial charge in [-0.05, 0) is 47.9 Å². The number of benzene rings is 2. The number of hydrogen-bond acceptors (Lipinski definition) is 5. The van der Waals surface area contributed by atoms with Gasteiger partial charge in [0, 0.05) is 52.0 Å². The zero-order chi connectivity index (χ0) is 26.6. The molecule has 1 aliphatic rings. The minimum Gasteiger partial charge on any atom is -0.484 e. The molecule has 0 unspecified atom stereocenters. The van der Waals surface area contributed by atoms with Crippen molar-refractivity contribution in [3.8, 4) is 17.0 Å². The van der Waals surface area contributed by atoms with E-state index in [1.807, 2.05) is 60.4 Å². The quantitative estimate of drug-likeness (QED) is 0.390. The smallest absolute Gasteiger partial charge is 0.331 e. The van der Waals surface area contributed by atoms with E-state index in [1.54, 1.807) is 4.57 Å². The molecule has 0 radical (unpaired) electrons. The van der Waals surface area contributed by atoms with Crippen LogP contribution in [-0.4, -0.2) is 62.6 Å². The number of amides is 1. The Morgan fingerprint density at radius 3 is 2.37 bits per heavy atom. The van der Waals surface area contributed by atoms with Crippen molar-refractivity contribution in [2.24, 2.45) is 7.05 Å². The van der Waals surface area contributed by atoms with Crippen LogP contribution in [0.25, 0.3) is 22.3 Å². The van der Waals surface area contributed by atoms with Gasteiger partial charge >= 0.3 is 5.69 Å². The number of H-pyrrole nitrogens is 1. The summed E-state index contributed by atoms with van der Waals surface area (Å²) in [5.41, 5.74) is 3.22. The van der Waals surface area contributed by atoms with E-state index >= 15 is 0 Å². The SMILES string of the molecule is CCCn1c(=O)n(C)c(=O)c2[nH]c(-c3ccc(OCC(=O)N4CCN(Cc5ccccc5)CC4)cc3)cc21. The van der Waals surface area contributed by atoms with Crippen LogP contribution < -0.4 is 16.0 Å². The molecule has 9 heteroatoms. The molecule has 3 heterocycles. The fraction of sp³-hybridized carbons (Fsp3) is 0.345. The molecule has 1 saturated heterocycles. The molecule has 1 N–H and O–H groups in total. The summed E-state index contributed by atoms with van der Waals surface area (Å²) in [6, 6.07) is 19.6. The number of rotatable bonds is 8. The largest absolute Gasteiger partial charge is 0.484 e. The lowest BCUT2D eigenvalue weighted by Crippen LogP contribution is -2.49. The molecule has 0 spiro atoms. The van der Waals surface area contributed by atoms with Gasteiger partial charge in [0.1, 0.15) is 11.3 Å². The van der Waals surface area contributed by atoms with Crippen LogP contribution in [0, 0.1) is 0 Å². The van der Waals surface area contributed by atoms with Crippen LogP contribution >= 0.6 is 0 Å². The van der Waals surface area contributed by atoms with Crippen LogP contribution in [0.2, 0.25) is 0 Å². The Bertz CT molecular complexity index is 1530. The zero-order valence-electron chi connectivity index (χ0n) is 21.9. The molecule has 1 aliphatic heterocycles. The van der Waals surface area contributed by atoms with Gasteiger partial charge in [-0.3, -0.25) is 23.6 Å². The highest BCUT2D eigenvalue weighted by molar-refractivity contribution is 5.82. The summed E-state index contributed by atoms with van der Waals surface area (Å²) in [6.45, 7) is 6.48. The van der Waals surface area contributed by atoms with Crippen molar-refractivity contribution in [1.29, 1.82) is 0 Å². The molecule has 0 saturated carbocycles. The van der Waals surface area contributed by atoms with E-state index < -0.39 is 0 Å². The second-order valence-corrected chi connectivity index (χ2v) is 9.70. The standard InChI is InChI=1S/C29H33N5O4/c1-3-13-34-25-18-24(30-27(25)28(36)31(2)29(34)37)22-9-11-23(12-10-22)38-20-26(35)33-16-14-32(15-17-33)19-21-7-5-4-6-8-21/h4-12,18,30H,3,13-17,19-20H2,1-2H3. The summed E-state index contributed by atoms with van der Waals surface area (Å²) in [5.74, 6) is 0.577. The number of ether oxygens (including phenoxy) is 1. The molecule has 5 rings (SSSR count). The van der Waals surface area contributed by atoms with Gasteiger partial charge in [-0.15, -0.1) is 0 Å². The Labute approximate surface area is 220 Å². The van der Waals surface area contributed by atoms with Crippen LogP contribution in [0.1, 0.15) is 18.9 Å². The highest BCUT2D eigenvalue weighted by Crippen LogP contribution is 2.24. The van der Waals surface area contributed by atoms with Crippen molar-refractivity contribution < 1.29 is 9.53 Å². The first-order valence-corrected chi connectivity index (χ1v) is 13.0. The zero-order valence-corrected chi connectivity index (χ0v) is 21.9. The number of carbonyl (C=O) groups is 1. The second-order valence-electron chi connectivity index (χ2n) is 9.70. The van der Waals surface area contributed by atoms with Crippen LogP contribution in [0.4, 0.5) is 0 Å². The normalized spacial score (nSPS) is 14.2. The summed E-state index contributed by atoms with van der Waals surface area (Å²) in [6.07, 6.45) is 0.780. The third-order valence-corrected chi connectivity index (χ3v) is 7.07. The molecular formula is C29H33N5O4. The van der Waals surface area contributed by atoms with Crippen molar-refractivity contribution >= 4 is 16.9 Å². The van der Waals surface area contributed by atoms with Crippen LogP contribution in [0.15, 0.2) is 70.3 Å². The highest BCUT2D eigenvalue weighted by Gasteiger charge is 2.21. The van der Waals surface area contributed by atoms with E-state index in [2.05, 4.69) is 22.0 Å². The van der Waals surface area contributed by atoms with Gasteiger partial charge in [0.05, 0.1) is 5.52 Å². The number of nitrogens with zero attached hydrogens (tertiary/aromatic N) is 4. The van der Waals surface area contributed by atoms with E-state index in [9.17, 15) is 14.4 Å². The Balaban J connectivity index is 1.19. The molecule has 198 valence electrons. The van der Waals surface area contributed by atoms with Crippen molar-refractivity contribution in [3.63, 3.8) is 0 Å². The molecule has 0 bridgehead atoms. The Hall–Kier alpha value is -4.11. The maximum Gasteiger partial charge on any atom is 0.331 e. The number of nitrogens with one attached hydrogen (secondary N) is 1. The average molecular weight is 516 g/mol. The van der Waals surface area contributed by atoms with Crippen molar-refractivity contribution in [3.05, 3.63) is 87.1 Å². The van der Waals surface area contributed by atoms with E-state index in [0.717, 1.165) is 41.9 Å². The lowest BCUT2D eigenvalue weighted by molar-refractivity contribution is -0.135. The van der Waals surface area contributed by atoms with E-state index in [-0.39, 0.29) is 23.8 Å². The topological polar surface area (TPSA) is 92.6 Å².